The highest BCUT2D eigenvalue weighted by atomic mass is 32.1. The van der Waals surface area contributed by atoms with E-state index in [1.54, 1.807) is 11.3 Å². The SMILES string of the molecule is CCc1nc(COc2ccccc2C(C)(C)C)cs1. The van der Waals surface area contributed by atoms with E-state index in [1.165, 1.54) is 10.6 Å². The summed E-state index contributed by atoms with van der Waals surface area (Å²) in [6, 6.07) is 8.25. The molecule has 0 N–H and O–H groups in total. The number of rotatable bonds is 4. The van der Waals surface area contributed by atoms with Gasteiger partial charge < -0.3 is 4.74 Å². The third-order valence-electron chi connectivity index (χ3n) is 2.97. The monoisotopic (exact) mass is 275 g/mol. The van der Waals surface area contributed by atoms with Crippen LogP contribution in [0.3, 0.4) is 0 Å². The van der Waals surface area contributed by atoms with E-state index in [-0.39, 0.29) is 5.41 Å². The van der Waals surface area contributed by atoms with Gasteiger partial charge in [0.25, 0.3) is 0 Å². The van der Waals surface area contributed by atoms with Crippen LogP contribution in [0.2, 0.25) is 0 Å². The molecule has 19 heavy (non-hydrogen) atoms. The molecule has 2 rings (SSSR count). The van der Waals surface area contributed by atoms with Gasteiger partial charge in [0, 0.05) is 5.38 Å². The van der Waals surface area contributed by atoms with E-state index in [9.17, 15) is 0 Å². The highest BCUT2D eigenvalue weighted by molar-refractivity contribution is 7.09. The number of ether oxygens (including phenoxy) is 1. The molecule has 0 unspecified atom stereocenters. The quantitative estimate of drug-likeness (QED) is 0.814. The predicted molar refractivity (Wildman–Crippen MR) is 81.0 cm³/mol. The Kier molecular flexibility index (Phi) is 4.25. The molecule has 0 saturated carbocycles. The molecule has 2 aromatic rings. The lowest BCUT2D eigenvalue weighted by atomic mass is 9.86. The van der Waals surface area contributed by atoms with Gasteiger partial charge in [0.2, 0.25) is 0 Å². The predicted octanol–water partition coefficient (Wildman–Crippen LogP) is 4.58. The van der Waals surface area contributed by atoms with Gasteiger partial charge in [-0.1, -0.05) is 45.9 Å². The summed E-state index contributed by atoms with van der Waals surface area (Å²) in [4.78, 5) is 4.53. The number of benzene rings is 1. The van der Waals surface area contributed by atoms with Crippen LogP contribution in [0.4, 0.5) is 0 Å². The van der Waals surface area contributed by atoms with Crippen LogP contribution in [0.25, 0.3) is 0 Å². The summed E-state index contributed by atoms with van der Waals surface area (Å²) in [6.07, 6.45) is 0.989. The van der Waals surface area contributed by atoms with E-state index in [4.69, 9.17) is 4.74 Å². The maximum Gasteiger partial charge on any atom is 0.131 e. The smallest absolute Gasteiger partial charge is 0.131 e. The van der Waals surface area contributed by atoms with E-state index in [0.29, 0.717) is 6.61 Å². The molecule has 0 spiro atoms. The van der Waals surface area contributed by atoms with Crippen LogP contribution in [0.15, 0.2) is 29.6 Å². The molecule has 0 fully saturated rings. The normalized spacial score (nSPS) is 11.6. The van der Waals surface area contributed by atoms with Crippen molar-refractivity contribution in [2.45, 2.75) is 46.1 Å². The van der Waals surface area contributed by atoms with Crippen molar-refractivity contribution in [2.24, 2.45) is 0 Å². The van der Waals surface area contributed by atoms with Crippen LogP contribution in [0, 0.1) is 0 Å². The Labute approximate surface area is 119 Å². The van der Waals surface area contributed by atoms with Crippen molar-refractivity contribution in [1.29, 1.82) is 0 Å². The Bertz CT molecular complexity index is 540. The molecule has 0 radical (unpaired) electrons. The van der Waals surface area contributed by atoms with Gasteiger partial charge in [-0.05, 0) is 23.5 Å². The van der Waals surface area contributed by atoms with Crippen LogP contribution < -0.4 is 4.74 Å². The molecule has 0 saturated heterocycles. The second-order valence-corrected chi connectivity index (χ2v) is 6.56. The molecular weight excluding hydrogens is 254 g/mol. The lowest BCUT2D eigenvalue weighted by Crippen LogP contribution is -2.13. The molecule has 3 heteroatoms. The van der Waals surface area contributed by atoms with Gasteiger partial charge in [0.1, 0.15) is 12.4 Å². The van der Waals surface area contributed by atoms with Crippen molar-refractivity contribution in [3.63, 3.8) is 0 Å². The van der Waals surface area contributed by atoms with Gasteiger partial charge in [0.15, 0.2) is 0 Å². The zero-order valence-corrected chi connectivity index (χ0v) is 12.9. The second-order valence-electron chi connectivity index (χ2n) is 5.62. The minimum absolute atomic E-state index is 0.0905. The first-order valence-corrected chi connectivity index (χ1v) is 7.54. The Hall–Kier alpha value is -1.35. The van der Waals surface area contributed by atoms with Crippen molar-refractivity contribution >= 4 is 11.3 Å². The first kappa shape index (κ1) is 14.1. The lowest BCUT2D eigenvalue weighted by molar-refractivity contribution is 0.293. The zero-order valence-electron chi connectivity index (χ0n) is 12.1. The summed E-state index contributed by atoms with van der Waals surface area (Å²) in [7, 11) is 0. The molecule has 0 aliphatic carbocycles. The molecule has 1 aromatic carbocycles. The highest BCUT2D eigenvalue weighted by Crippen LogP contribution is 2.31. The van der Waals surface area contributed by atoms with E-state index in [0.717, 1.165) is 17.9 Å². The number of para-hydroxylation sites is 1. The molecule has 0 atom stereocenters. The summed E-state index contributed by atoms with van der Waals surface area (Å²) < 4.78 is 5.95. The van der Waals surface area contributed by atoms with Gasteiger partial charge in [-0.15, -0.1) is 11.3 Å². The van der Waals surface area contributed by atoms with Crippen molar-refractivity contribution in [1.82, 2.24) is 4.98 Å². The summed E-state index contributed by atoms with van der Waals surface area (Å²) in [5.41, 5.74) is 2.35. The van der Waals surface area contributed by atoms with Crippen LogP contribution in [0.1, 0.15) is 44.0 Å². The van der Waals surface area contributed by atoms with Crippen LogP contribution in [-0.4, -0.2) is 4.98 Å². The standard InChI is InChI=1S/C16H21NOS/c1-5-15-17-12(11-19-15)10-18-14-9-7-6-8-13(14)16(2,3)4/h6-9,11H,5,10H2,1-4H3. The van der Waals surface area contributed by atoms with Crippen LogP contribution in [0.5, 0.6) is 5.75 Å². The third kappa shape index (κ3) is 3.57. The molecule has 0 aliphatic heterocycles. The average molecular weight is 275 g/mol. The van der Waals surface area contributed by atoms with Crippen molar-refractivity contribution in [2.75, 3.05) is 0 Å². The summed E-state index contributed by atoms with van der Waals surface area (Å²) in [6.45, 7) is 9.27. The Morgan fingerprint density at radius 1 is 1.21 bits per heavy atom. The molecule has 1 aromatic heterocycles. The summed E-state index contributed by atoms with van der Waals surface area (Å²) >= 11 is 1.70. The molecule has 0 amide bonds. The second kappa shape index (κ2) is 5.74. The molecule has 1 heterocycles. The van der Waals surface area contributed by atoms with Gasteiger partial charge in [0.05, 0.1) is 10.7 Å². The van der Waals surface area contributed by atoms with Gasteiger partial charge in [-0.3, -0.25) is 0 Å². The van der Waals surface area contributed by atoms with E-state index in [2.05, 4.69) is 50.2 Å². The molecule has 2 nitrogen and oxygen atoms in total. The third-order valence-corrected chi connectivity index (χ3v) is 4.01. The molecular formula is C16H21NOS. The number of hydrogen-bond acceptors (Lipinski definition) is 3. The first-order chi connectivity index (χ1) is 9.00. The zero-order chi connectivity index (χ0) is 13.9. The summed E-state index contributed by atoms with van der Waals surface area (Å²) in [5.74, 6) is 0.959. The molecule has 102 valence electrons. The number of hydrogen-bond donors (Lipinski definition) is 0. The van der Waals surface area contributed by atoms with E-state index in [1.807, 2.05) is 12.1 Å². The fourth-order valence-corrected chi connectivity index (χ4v) is 2.67. The first-order valence-electron chi connectivity index (χ1n) is 6.66. The van der Waals surface area contributed by atoms with Gasteiger partial charge >= 0.3 is 0 Å². The van der Waals surface area contributed by atoms with E-state index < -0.39 is 0 Å². The lowest BCUT2D eigenvalue weighted by Gasteiger charge is -2.22. The maximum atomic E-state index is 5.95. The van der Waals surface area contributed by atoms with Crippen molar-refractivity contribution in [3.05, 3.63) is 45.9 Å². The van der Waals surface area contributed by atoms with Crippen LogP contribution >= 0.6 is 11.3 Å². The van der Waals surface area contributed by atoms with Crippen molar-refractivity contribution < 1.29 is 4.74 Å². The topological polar surface area (TPSA) is 22.1 Å². The number of thiazole rings is 1. The summed E-state index contributed by atoms with van der Waals surface area (Å²) in [5, 5.41) is 3.25. The van der Waals surface area contributed by atoms with E-state index >= 15 is 0 Å². The minimum Gasteiger partial charge on any atom is -0.487 e. The van der Waals surface area contributed by atoms with Gasteiger partial charge in [-0.2, -0.15) is 0 Å². The van der Waals surface area contributed by atoms with Gasteiger partial charge in [-0.25, -0.2) is 4.98 Å². The average Bonchev–Trinajstić information content (AvgIpc) is 2.83. The largest absolute Gasteiger partial charge is 0.487 e. The maximum absolute atomic E-state index is 5.95. The molecule has 0 bridgehead atoms. The fourth-order valence-electron chi connectivity index (χ4n) is 1.94. The Morgan fingerprint density at radius 3 is 2.58 bits per heavy atom. The van der Waals surface area contributed by atoms with Crippen LogP contribution in [-0.2, 0) is 18.4 Å². The van der Waals surface area contributed by atoms with Crippen molar-refractivity contribution in [3.8, 4) is 5.75 Å². The highest BCUT2D eigenvalue weighted by Gasteiger charge is 2.18. The Morgan fingerprint density at radius 2 is 1.95 bits per heavy atom. The number of aryl methyl sites for hydroxylation is 1. The number of nitrogens with zero attached hydrogens (tertiary/aromatic N) is 1. The fraction of sp³-hybridized carbons (Fsp3) is 0.438. The Balaban J connectivity index is 2.11. The molecule has 0 aliphatic rings. The number of aromatic nitrogens is 1. The minimum atomic E-state index is 0.0905.